The van der Waals surface area contributed by atoms with Crippen molar-refractivity contribution in [3.8, 4) is 0 Å². The van der Waals surface area contributed by atoms with Crippen LogP contribution in [0.1, 0.15) is 19.3 Å². The summed E-state index contributed by atoms with van der Waals surface area (Å²) in [5, 5.41) is 2.19. The Bertz CT molecular complexity index is 382. The van der Waals surface area contributed by atoms with Crippen LogP contribution in [0.3, 0.4) is 0 Å². The molecule has 0 unspecified atom stereocenters. The first kappa shape index (κ1) is 13.6. The molecule has 94 valence electrons. The molecule has 0 saturated heterocycles. The zero-order valence-electron chi connectivity index (χ0n) is 10.1. The average Bonchev–Trinajstić information content (AvgIpc) is 2.84. The quantitative estimate of drug-likeness (QED) is 0.756. The van der Waals surface area contributed by atoms with E-state index in [1.807, 2.05) is 0 Å². The van der Waals surface area contributed by atoms with Crippen molar-refractivity contribution in [2.75, 3.05) is 28.3 Å². The summed E-state index contributed by atoms with van der Waals surface area (Å²) in [4.78, 5) is 33.8. The van der Waals surface area contributed by atoms with E-state index in [9.17, 15) is 9.59 Å². The minimum Gasteiger partial charge on any atom is -0.274 e. The second-order valence-corrected chi connectivity index (χ2v) is 4.22. The Morgan fingerprint density at radius 3 is 1.65 bits per heavy atom. The summed E-state index contributed by atoms with van der Waals surface area (Å²) in [6.45, 7) is 0. The average molecular weight is 258 g/mol. The maximum Gasteiger partial charge on any atom is 0.287 e. The molecule has 0 atom stereocenters. The van der Waals surface area contributed by atoms with Gasteiger partial charge < -0.3 is 0 Å². The highest BCUT2D eigenvalue weighted by Gasteiger charge is 2.18. The molecule has 0 spiro atoms. The van der Waals surface area contributed by atoms with Crippen LogP contribution in [0.15, 0.2) is 12.1 Å². The normalized spacial score (nSPS) is 10.1. The lowest BCUT2D eigenvalue weighted by Gasteiger charge is -2.12. The number of hydrogen-bond donors (Lipinski definition) is 0. The summed E-state index contributed by atoms with van der Waals surface area (Å²) in [6, 6.07) is 3.17. The number of hydroxylamine groups is 4. The monoisotopic (exact) mass is 258 g/mol. The topological polar surface area (TPSA) is 59.1 Å². The van der Waals surface area contributed by atoms with Gasteiger partial charge in [0.25, 0.3) is 11.8 Å². The maximum atomic E-state index is 11.7. The first-order valence-corrected chi connectivity index (χ1v) is 5.57. The minimum absolute atomic E-state index is 0.295. The zero-order chi connectivity index (χ0) is 13.0. The third kappa shape index (κ3) is 3.02. The Morgan fingerprint density at radius 1 is 1.00 bits per heavy atom. The highest BCUT2D eigenvalue weighted by Crippen LogP contribution is 2.19. The molecule has 0 aromatic carbocycles. The molecule has 1 aromatic rings. The molecule has 7 heteroatoms. The van der Waals surface area contributed by atoms with Crippen molar-refractivity contribution in [2.24, 2.45) is 0 Å². The van der Waals surface area contributed by atoms with Crippen molar-refractivity contribution < 1.29 is 19.3 Å². The molecule has 17 heavy (non-hydrogen) atoms. The molecule has 1 heterocycles. The van der Waals surface area contributed by atoms with Gasteiger partial charge in [-0.2, -0.15) is 0 Å². The standard InChI is InChI=1S/C10H14N2O4S/c1-11(15-3)9(13)7-5-6-8(17-7)10(14)12(2)16-4/h5-6H,1-4H3. The number of carbonyl (C=O) groups is 2. The fourth-order valence-corrected chi connectivity index (χ4v) is 1.98. The molecule has 0 saturated carbocycles. The second kappa shape index (κ2) is 5.76. The summed E-state index contributed by atoms with van der Waals surface area (Å²) < 4.78 is 0. The van der Waals surface area contributed by atoms with Gasteiger partial charge >= 0.3 is 0 Å². The Labute approximate surface area is 103 Å². The van der Waals surface area contributed by atoms with Gasteiger partial charge in [-0.1, -0.05) is 0 Å². The van der Waals surface area contributed by atoms with Gasteiger partial charge in [-0.05, 0) is 12.1 Å². The summed E-state index contributed by atoms with van der Waals surface area (Å²) >= 11 is 1.09. The molecule has 0 radical (unpaired) electrons. The van der Waals surface area contributed by atoms with E-state index in [1.165, 1.54) is 28.3 Å². The molecule has 1 rings (SSSR count). The molecule has 0 bridgehead atoms. The van der Waals surface area contributed by atoms with Gasteiger partial charge in [0, 0.05) is 14.1 Å². The van der Waals surface area contributed by atoms with E-state index in [2.05, 4.69) is 0 Å². The molecule has 2 amide bonds. The molecule has 0 N–H and O–H groups in total. The summed E-state index contributed by atoms with van der Waals surface area (Å²) in [5.74, 6) is -0.590. The fraction of sp³-hybridized carbons (Fsp3) is 0.400. The number of thiophene rings is 1. The van der Waals surface area contributed by atoms with Crippen LogP contribution in [0, 0.1) is 0 Å². The maximum absolute atomic E-state index is 11.7. The fourth-order valence-electron chi connectivity index (χ4n) is 1.04. The van der Waals surface area contributed by atoms with Crippen LogP contribution < -0.4 is 0 Å². The van der Waals surface area contributed by atoms with Crippen LogP contribution in [-0.2, 0) is 9.68 Å². The molecular weight excluding hydrogens is 244 g/mol. The van der Waals surface area contributed by atoms with Crippen molar-refractivity contribution in [1.29, 1.82) is 0 Å². The van der Waals surface area contributed by atoms with E-state index in [-0.39, 0.29) is 11.8 Å². The van der Waals surface area contributed by atoms with E-state index in [0.29, 0.717) is 9.75 Å². The molecule has 0 aliphatic rings. The van der Waals surface area contributed by atoms with Crippen molar-refractivity contribution in [2.45, 2.75) is 0 Å². The zero-order valence-corrected chi connectivity index (χ0v) is 10.9. The third-order valence-electron chi connectivity index (χ3n) is 2.15. The number of amides is 2. The van der Waals surface area contributed by atoms with Gasteiger partial charge in [0.05, 0.1) is 24.0 Å². The Morgan fingerprint density at radius 2 is 1.35 bits per heavy atom. The lowest BCUT2D eigenvalue weighted by atomic mass is 10.4. The highest BCUT2D eigenvalue weighted by molar-refractivity contribution is 7.15. The lowest BCUT2D eigenvalue weighted by molar-refractivity contribution is -0.0754. The molecule has 0 aliphatic heterocycles. The first-order chi connectivity index (χ1) is 8.01. The third-order valence-corrected chi connectivity index (χ3v) is 3.21. The van der Waals surface area contributed by atoms with Crippen molar-refractivity contribution >= 4 is 23.2 Å². The van der Waals surface area contributed by atoms with E-state index < -0.39 is 0 Å². The Hall–Kier alpha value is -1.44. The van der Waals surface area contributed by atoms with Crippen LogP contribution >= 0.6 is 11.3 Å². The van der Waals surface area contributed by atoms with Crippen LogP contribution in [0.4, 0.5) is 0 Å². The largest absolute Gasteiger partial charge is 0.287 e. The van der Waals surface area contributed by atoms with Gasteiger partial charge in [-0.3, -0.25) is 19.3 Å². The predicted molar refractivity (Wildman–Crippen MR) is 62.5 cm³/mol. The lowest BCUT2D eigenvalue weighted by Crippen LogP contribution is -2.25. The van der Waals surface area contributed by atoms with Crippen LogP contribution in [0.2, 0.25) is 0 Å². The number of hydrogen-bond acceptors (Lipinski definition) is 5. The molecule has 0 aliphatic carbocycles. The molecule has 0 fully saturated rings. The highest BCUT2D eigenvalue weighted by atomic mass is 32.1. The van der Waals surface area contributed by atoms with E-state index in [0.717, 1.165) is 21.5 Å². The van der Waals surface area contributed by atoms with Crippen LogP contribution in [0.5, 0.6) is 0 Å². The molecule has 1 aromatic heterocycles. The summed E-state index contributed by atoms with van der Waals surface area (Å²) in [5.41, 5.74) is 0. The van der Waals surface area contributed by atoms with Gasteiger partial charge in [0.15, 0.2) is 0 Å². The van der Waals surface area contributed by atoms with Gasteiger partial charge in [0.2, 0.25) is 0 Å². The number of carbonyl (C=O) groups excluding carboxylic acids is 2. The second-order valence-electron chi connectivity index (χ2n) is 3.13. The number of nitrogens with zero attached hydrogens (tertiary/aromatic N) is 2. The van der Waals surface area contributed by atoms with Crippen molar-refractivity contribution in [3.63, 3.8) is 0 Å². The van der Waals surface area contributed by atoms with Crippen molar-refractivity contribution in [1.82, 2.24) is 10.1 Å². The van der Waals surface area contributed by atoms with Crippen LogP contribution in [0.25, 0.3) is 0 Å². The van der Waals surface area contributed by atoms with Crippen LogP contribution in [-0.4, -0.2) is 50.3 Å². The Kier molecular flexibility index (Phi) is 4.62. The van der Waals surface area contributed by atoms with Gasteiger partial charge in [-0.15, -0.1) is 11.3 Å². The first-order valence-electron chi connectivity index (χ1n) is 4.75. The van der Waals surface area contributed by atoms with Crippen molar-refractivity contribution in [3.05, 3.63) is 21.9 Å². The summed E-state index contributed by atoms with van der Waals surface area (Å²) in [7, 11) is 5.81. The summed E-state index contributed by atoms with van der Waals surface area (Å²) in [6.07, 6.45) is 0. The van der Waals surface area contributed by atoms with E-state index in [1.54, 1.807) is 12.1 Å². The molecule has 6 nitrogen and oxygen atoms in total. The van der Waals surface area contributed by atoms with Gasteiger partial charge in [-0.25, -0.2) is 10.1 Å². The smallest absolute Gasteiger partial charge is 0.274 e. The predicted octanol–water partition coefficient (Wildman–Crippen LogP) is 1.01. The van der Waals surface area contributed by atoms with E-state index >= 15 is 0 Å². The van der Waals surface area contributed by atoms with Gasteiger partial charge in [0.1, 0.15) is 0 Å². The minimum atomic E-state index is -0.295. The molecular formula is C10H14N2O4S. The number of rotatable bonds is 4. The Balaban J connectivity index is 2.85. The van der Waals surface area contributed by atoms with E-state index in [4.69, 9.17) is 9.68 Å². The SMILES string of the molecule is CON(C)C(=O)c1ccc(C(=O)N(C)OC)s1.